The summed E-state index contributed by atoms with van der Waals surface area (Å²) >= 11 is 1.09. The lowest BCUT2D eigenvalue weighted by molar-refractivity contribution is -0.119. The maximum Gasteiger partial charge on any atom is 0.270 e. The van der Waals surface area contributed by atoms with Crippen molar-refractivity contribution in [3.63, 3.8) is 0 Å². The molecule has 3 N–H and O–H groups in total. The third kappa shape index (κ3) is 6.24. The maximum absolute atomic E-state index is 12.9. The number of carbonyl (C=O) groups is 3. The fourth-order valence-electron chi connectivity index (χ4n) is 2.67. The summed E-state index contributed by atoms with van der Waals surface area (Å²) in [7, 11) is 0. The Bertz CT molecular complexity index is 1010. The van der Waals surface area contributed by atoms with E-state index in [2.05, 4.69) is 20.7 Å². The summed E-state index contributed by atoms with van der Waals surface area (Å²) in [5, 5.41) is 13.8. The molecule has 2 aromatic carbocycles. The summed E-state index contributed by atoms with van der Waals surface area (Å²) in [6.45, 7) is -0.238. The average Bonchev–Trinajstić information content (AvgIpc) is 3.18. The van der Waals surface area contributed by atoms with Crippen LogP contribution in [-0.4, -0.2) is 42.9 Å². The standard InChI is InChI=1S/C20H20N6O3S/c21-17(27)12-26-24-20(23-25-26)22-18(28)16(11-14-7-3-1-4-8-14)13-30-19(29)15-9-5-2-6-10-15/h1-10,16H,11-13H2,(H2,21,27)(H,22,24,28). The van der Waals surface area contributed by atoms with Crippen molar-refractivity contribution in [3.05, 3.63) is 71.8 Å². The van der Waals surface area contributed by atoms with Crippen LogP contribution >= 0.6 is 11.8 Å². The van der Waals surface area contributed by atoms with Crippen LogP contribution in [-0.2, 0) is 22.6 Å². The molecule has 1 heterocycles. The zero-order valence-corrected chi connectivity index (χ0v) is 16.8. The predicted octanol–water partition coefficient (Wildman–Crippen LogP) is 1.53. The third-order valence-corrected chi connectivity index (χ3v) is 5.17. The molecule has 3 aromatic rings. The fraction of sp³-hybridized carbons (Fsp3) is 0.200. The summed E-state index contributed by atoms with van der Waals surface area (Å²) in [6.07, 6.45) is 0.442. The second-order valence-electron chi connectivity index (χ2n) is 6.45. The number of primary amides is 1. The van der Waals surface area contributed by atoms with Crippen molar-refractivity contribution in [3.8, 4) is 0 Å². The van der Waals surface area contributed by atoms with Gasteiger partial charge in [-0.1, -0.05) is 77.5 Å². The van der Waals surface area contributed by atoms with E-state index < -0.39 is 11.8 Å². The highest BCUT2D eigenvalue weighted by Gasteiger charge is 2.23. The predicted molar refractivity (Wildman–Crippen MR) is 113 cm³/mol. The number of amides is 2. The molecule has 30 heavy (non-hydrogen) atoms. The Hall–Kier alpha value is -3.53. The smallest absolute Gasteiger partial charge is 0.270 e. The van der Waals surface area contributed by atoms with Crippen molar-refractivity contribution in [1.29, 1.82) is 0 Å². The average molecular weight is 424 g/mol. The van der Waals surface area contributed by atoms with Gasteiger partial charge in [0.1, 0.15) is 6.54 Å². The number of anilines is 1. The first-order valence-electron chi connectivity index (χ1n) is 9.14. The molecule has 0 fully saturated rings. The van der Waals surface area contributed by atoms with Crippen LogP contribution in [0.4, 0.5) is 5.95 Å². The highest BCUT2D eigenvalue weighted by atomic mass is 32.2. The van der Waals surface area contributed by atoms with Crippen molar-refractivity contribution >= 4 is 34.6 Å². The molecule has 0 saturated heterocycles. The van der Waals surface area contributed by atoms with Gasteiger partial charge in [-0.15, -0.1) is 5.10 Å². The van der Waals surface area contributed by atoms with Gasteiger partial charge in [0.05, 0.1) is 5.92 Å². The topological polar surface area (TPSA) is 133 Å². The first-order chi connectivity index (χ1) is 14.5. The van der Waals surface area contributed by atoms with Gasteiger partial charge < -0.3 is 5.73 Å². The van der Waals surface area contributed by atoms with E-state index in [4.69, 9.17) is 5.73 Å². The minimum Gasteiger partial charge on any atom is -0.368 e. The molecule has 1 unspecified atom stereocenters. The molecule has 9 nitrogen and oxygen atoms in total. The molecular formula is C20H20N6O3S. The molecule has 0 radical (unpaired) electrons. The van der Waals surface area contributed by atoms with Gasteiger partial charge in [-0.3, -0.25) is 19.7 Å². The quantitative estimate of drug-likeness (QED) is 0.532. The van der Waals surface area contributed by atoms with Crippen LogP contribution in [0.3, 0.4) is 0 Å². The normalized spacial score (nSPS) is 11.6. The lowest BCUT2D eigenvalue weighted by Gasteiger charge is -2.15. The summed E-state index contributed by atoms with van der Waals surface area (Å²) in [5.74, 6) is -1.22. The number of carbonyl (C=O) groups excluding carboxylic acids is 3. The van der Waals surface area contributed by atoms with Crippen molar-refractivity contribution in [2.24, 2.45) is 11.7 Å². The Labute approximate surface area is 177 Å². The number of rotatable bonds is 9. The van der Waals surface area contributed by atoms with Gasteiger partial charge in [-0.05, 0) is 17.2 Å². The van der Waals surface area contributed by atoms with E-state index >= 15 is 0 Å². The molecule has 0 spiro atoms. The number of nitrogens with one attached hydrogen (secondary N) is 1. The van der Waals surface area contributed by atoms with Gasteiger partial charge >= 0.3 is 0 Å². The monoisotopic (exact) mass is 424 g/mol. The molecule has 1 atom stereocenters. The minimum atomic E-state index is -0.622. The molecule has 0 aliphatic heterocycles. The van der Waals surface area contributed by atoms with Gasteiger partial charge in [-0.25, -0.2) is 0 Å². The molecule has 154 valence electrons. The van der Waals surface area contributed by atoms with E-state index in [1.807, 2.05) is 36.4 Å². The van der Waals surface area contributed by atoms with Crippen molar-refractivity contribution in [2.45, 2.75) is 13.0 Å². The zero-order chi connectivity index (χ0) is 21.3. The second kappa shape index (κ2) is 10.3. The lowest BCUT2D eigenvalue weighted by Crippen LogP contribution is -2.28. The first-order valence-corrected chi connectivity index (χ1v) is 10.1. The highest BCUT2D eigenvalue weighted by Crippen LogP contribution is 2.20. The van der Waals surface area contributed by atoms with Crippen LogP contribution in [0.1, 0.15) is 15.9 Å². The Morgan fingerprint density at radius 2 is 1.70 bits per heavy atom. The van der Waals surface area contributed by atoms with Crippen LogP contribution in [0.15, 0.2) is 60.7 Å². The van der Waals surface area contributed by atoms with Crippen molar-refractivity contribution < 1.29 is 14.4 Å². The van der Waals surface area contributed by atoms with Gasteiger partial charge in [0.15, 0.2) is 0 Å². The highest BCUT2D eigenvalue weighted by molar-refractivity contribution is 8.14. The molecular weight excluding hydrogens is 404 g/mol. The second-order valence-corrected chi connectivity index (χ2v) is 7.44. The lowest BCUT2D eigenvalue weighted by atomic mass is 10.0. The molecule has 10 heteroatoms. The van der Waals surface area contributed by atoms with Crippen LogP contribution < -0.4 is 11.1 Å². The van der Waals surface area contributed by atoms with E-state index in [1.54, 1.807) is 24.3 Å². The number of tetrazole rings is 1. The van der Waals surface area contributed by atoms with Crippen LogP contribution in [0.25, 0.3) is 0 Å². The summed E-state index contributed by atoms with van der Waals surface area (Å²) in [4.78, 5) is 37.2. The SMILES string of the molecule is NC(=O)Cn1nnc(NC(=O)C(CSC(=O)c2ccccc2)Cc2ccccc2)n1. The third-order valence-electron chi connectivity index (χ3n) is 4.11. The van der Waals surface area contributed by atoms with Gasteiger partial charge in [0.2, 0.25) is 16.9 Å². The number of nitrogens with zero attached hydrogens (tertiary/aromatic N) is 4. The molecule has 1 aromatic heterocycles. The zero-order valence-electron chi connectivity index (χ0n) is 16.0. The van der Waals surface area contributed by atoms with Gasteiger partial charge in [-0.2, -0.15) is 4.80 Å². The molecule has 0 bridgehead atoms. The van der Waals surface area contributed by atoms with Gasteiger partial charge in [0, 0.05) is 11.3 Å². The van der Waals surface area contributed by atoms with Crippen LogP contribution in [0, 0.1) is 5.92 Å². The van der Waals surface area contributed by atoms with Crippen LogP contribution in [0.5, 0.6) is 0 Å². The number of hydrogen-bond donors (Lipinski definition) is 2. The van der Waals surface area contributed by atoms with Crippen molar-refractivity contribution in [2.75, 3.05) is 11.1 Å². The number of benzene rings is 2. The Morgan fingerprint density at radius 3 is 2.37 bits per heavy atom. The van der Waals surface area contributed by atoms with Crippen molar-refractivity contribution in [1.82, 2.24) is 20.2 Å². The minimum absolute atomic E-state index is 0.0290. The Balaban J connectivity index is 1.68. The Kier molecular flexibility index (Phi) is 7.28. The van der Waals surface area contributed by atoms with E-state index in [9.17, 15) is 14.4 Å². The summed E-state index contributed by atoms with van der Waals surface area (Å²) in [6, 6.07) is 18.4. The molecule has 2 amide bonds. The molecule has 0 aliphatic carbocycles. The summed E-state index contributed by atoms with van der Waals surface area (Å²) < 4.78 is 0. The maximum atomic E-state index is 12.9. The van der Waals surface area contributed by atoms with E-state index in [-0.39, 0.29) is 29.3 Å². The first kappa shape index (κ1) is 21.2. The molecule has 3 rings (SSSR count). The summed E-state index contributed by atoms with van der Waals surface area (Å²) in [5.41, 5.74) is 6.64. The fourth-order valence-corrected chi connectivity index (χ4v) is 3.60. The molecule has 0 aliphatic rings. The number of hydrogen-bond acceptors (Lipinski definition) is 7. The van der Waals surface area contributed by atoms with E-state index in [1.165, 1.54) is 0 Å². The number of aromatic nitrogens is 4. The Morgan fingerprint density at radius 1 is 1.03 bits per heavy atom. The van der Waals surface area contributed by atoms with E-state index in [0.29, 0.717) is 12.0 Å². The number of nitrogens with two attached hydrogens (primary N) is 1. The largest absolute Gasteiger partial charge is 0.368 e. The number of thioether (sulfide) groups is 1. The van der Waals surface area contributed by atoms with Crippen LogP contribution in [0.2, 0.25) is 0 Å². The van der Waals surface area contributed by atoms with Gasteiger partial charge in [0.25, 0.3) is 5.95 Å². The van der Waals surface area contributed by atoms with E-state index in [0.717, 1.165) is 22.1 Å². The molecule has 0 saturated carbocycles.